The van der Waals surface area contributed by atoms with E-state index in [1.54, 1.807) is 0 Å². The Balaban J connectivity index is 2.24. The van der Waals surface area contributed by atoms with Crippen LogP contribution in [0.3, 0.4) is 0 Å². The Kier molecular flexibility index (Phi) is 5.25. The number of aromatic hydroxyl groups is 4. The number of carboxylic acids is 1. The number of hydrogen-bond donors (Lipinski definition) is 7. The molecule has 11 heteroatoms. The summed E-state index contributed by atoms with van der Waals surface area (Å²) >= 11 is 0. The molecule has 0 saturated heterocycles. The molecule has 0 heterocycles. The van der Waals surface area contributed by atoms with Crippen molar-refractivity contribution in [3.8, 4) is 23.0 Å². The lowest BCUT2D eigenvalue weighted by Crippen LogP contribution is -2.14. The molecule has 26 heavy (non-hydrogen) atoms. The fourth-order valence-corrected chi connectivity index (χ4v) is 2.93. The number of aromatic carboxylic acids is 1. The Morgan fingerprint density at radius 3 is 1.88 bits per heavy atom. The van der Waals surface area contributed by atoms with Gasteiger partial charge in [0.15, 0.2) is 0 Å². The molecule has 0 unspecified atom stereocenters. The van der Waals surface area contributed by atoms with Crippen LogP contribution in [-0.2, 0) is 23.2 Å². The normalized spacial score (nSPS) is 11.4. The molecule has 0 bridgehead atoms. The lowest BCUT2D eigenvalue weighted by Gasteiger charge is -2.12. The van der Waals surface area contributed by atoms with Gasteiger partial charge in [-0.1, -0.05) is 0 Å². The fourth-order valence-electron chi connectivity index (χ4n) is 2.29. The molecular formula is C15H15NO9S. The summed E-state index contributed by atoms with van der Waals surface area (Å²) in [6, 6.07) is 3.73. The Labute approximate surface area is 147 Å². The van der Waals surface area contributed by atoms with Gasteiger partial charge in [-0.2, -0.15) is 8.42 Å². The molecule has 2 aromatic rings. The summed E-state index contributed by atoms with van der Waals surface area (Å²) < 4.78 is 31.4. The van der Waals surface area contributed by atoms with E-state index in [9.17, 15) is 33.6 Å². The van der Waals surface area contributed by atoms with E-state index >= 15 is 0 Å². The SMILES string of the molecule is O=C(O)c1cc(O)cc(CNCc2cc(O)cc(S(=O)(=O)O)c2O)c1O. The minimum absolute atomic E-state index is 0.0389. The summed E-state index contributed by atoms with van der Waals surface area (Å²) in [7, 11) is -4.76. The van der Waals surface area contributed by atoms with Gasteiger partial charge >= 0.3 is 5.97 Å². The van der Waals surface area contributed by atoms with Crippen molar-refractivity contribution in [2.45, 2.75) is 18.0 Å². The van der Waals surface area contributed by atoms with E-state index in [4.69, 9.17) is 9.66 Å². The number of nitrogens with one attached hydrogen (secondary N) is 1. The molecule has 2 aromatic carbocycles. The molecule has 0 aliphatic rings. The van der Waals surface area contributed by atoms with Gasteiger partial charge in [0.05, 0.1) is 0 Å². The third kappa shape index (κ3) is 4.14. The Morgan fingerprint density at radius 2 is 1.38 bits per heavy atom. The summed E-state index contributed by atoms with van der Waals surface area (Å²) in [6.45, 7) is -0.364. The van der Waals surface area contributed by atoms with Gasteiger partial charge in [0.2, 0.25) is 0 Å². The second kappa shape index (κ2) is 7.07. The van der Waals surface area contributed by atoms with Crippen LogP contribution in [0.25, 0.3) is 0 Å². The number of phenolic OH excluding ortho intramolecular Hbond substituents is 3. The predicted molar refractivity (Wildman–Crippen MR) is 86.9 cm³/mol. The van der Waals surface area contributed by atoms with Crippen LogP contribution in [0.1, 0.15) is 21.5 Å². The first-order valence-corrected chi connectivity index (χ1v) is 8.46. The average molecular weight is 385 g/mol. The maximum Gasteiger partial charge on any atom is 0.339 e. The van der Waals surface area contributed by atoms with Crippen LogP contribution in [-0.4, -0.2) is 44.5 Å². The molecule has 0 spiro atoms. The zero-order valence-electron chi connectivity index (χ0n) is 13.0. The Morgan fingerprint density at radius 1 is 0.885 bits per heavy atom. The van der Waals surface area contributed by atoms with Crippen LogP contribution in [0.2, 0.25) is 0 Å². The lowest BCUT2D eigenvalue weighted by atomic mass is 10.1. The molecule has 7 N–H and O–H groups in total. The van der Waals surface area contributed by atoms with E-state index in [1.807, 2.05) is 0 Å². The fraction of sp³-hybridized carbons (Fsp3) is 0.133. The molecule has 0 aromatic heterocycles. The first kappa shape index (κ1) is 19.3. The van der Waals surface area contributed by atoms with Gasteiger partial charge in [-0.25, -0.2) is 4.79 Å². The first-order valence-electron chi connectivity index (χ1n) is 7.02. The van der Waals surface area contributed by atoms with Gasteiger partial charge in [-0.15, -0.1) is 0 Å². The van der Waals surface area contributed by atoms with E-state index < -0.39 is 43.8 Å². The molecular weight excluding hydrogens is 370 g/mol. The quantitative estimate of drug-likeness (QED) is 0.276. The van der Waals surface area contributed by atoms with Crippen LogP contribution < -0.4 is 5.32 Å². The topological polar surface area (TPSA) is 185 Å². The zero-order chi connectivity index (χ0) is 19.6. The van der Waals surface area contributed by atoms with Crippen LogP contribution in [0.5, 0.6) is 23.0 Å². The second-order valence-electron chi connectivity index (χ2n) is 5.34. The molecule has 0 aliphatic carbocycles. The number of carbonyl (C=O) groups is 1. The first-order chi connectivity index (χ1) is 12.0. The number of hydrogen-bond acceptors (Lipinski definition) is 8. The van der Waals surface area contributed by atoms with E-state index in [1.165, 1.54) is 0 Å². The standard InChI is InChI=1S/C15H15NO9S/c17-9-1-7(13(19)11(3-9)15(21)22)5-16-6-8-2-10(18)4-12(14(8)20)26(23,24)25/h1-4,16-20H,5-6H2,(H,21,22)(H,23,24,25). The van der Waals surface area contributed by atoms with Crippen LogP contribution >= 0.6 is 0 Å². The second-order valence-corrected chi connectivity index (χ2v) is 6.73. The molecule has 0 atom stereocenters. The average Bonchev–Trinajstić information content (AvgIpc) is 2.51. The summed E-state index contributed by atoms with van der Waals surface area (Å²) in [4.78, 5) is 10.1. The van der Waals surface area contributed by atoms with Gasteiger partial charge in [0.1, 0.15) is 33.5 Å². The number of phenols is 4. The van der Waals surface area contributed by atoms with Crippen molar-refractivity contribution in [2.24, 2.45) is 0 Å². The van der Waals surface area contributed by atoms with Gasteiger partial charge in [-0.3, -0.25) is 4.55 Å². The van der Waals surface area contributed by atoms with E-state index in [0.717, 1.165) is 18.2 Å². The van der Waals surface area contributed by atoms with Crippen molar-refractivity contribution < 1.29 is 43.3 Å². The largest absolute Gasteiger partial charge is 0.508 e. The van der Waals surface area contributed by atoms with E-state index in [2.05, 4.69) is 5.32 Å². The molecule has 0 fully saturated rings. The zero-order valence-corrected chi connectivity index (χ0v) is 13.9. The maximum atomic E-state index is 11.2. The Bertz CT molecular complexity index is 970. The predicted octanol–water partition coefficient (Wildman–Crippen LogP) is 0.744. The van der Waals surface area contributed by atoms with Crippen LogP contribution in [0.4, 0.5) is 0 Å². The molecule has 2 rings (SSSR count). The van der Waals surface area contributed by atoms with Crippen LogP contribution in [0, 0.1) is 0 Å². The lowest BCUT2D eigenvalue weighted by molar-refractivity contribution is 0.0693. The van der Waals surface area contributed by atoms with Crippen LogP contribution in [0.15, 0.2) is 29.2 Å². The van der Waals surface area contributed by atoms with Gasteiger partial charge < -0.3 is 30.8 Å². The van der Waals surface area contributed by atoms with Crippen molar-refractivity contribution in [3.63, 3.8) is 0 Å². The highest BCUT2D eigenvalue weighted by molar-refractivity contribution is 7.86. The van der Waals surface area contributed by atoms with Crippen molar-refractivity contribution in [2.75, 3.05) is 0 Å². The monoisotopic (exact) mass is 385 g/mol. The van der Waals surface area contributed by atoms with Crippen molar-refractivity contribution in [1.82, 2.24) is 5.32 Å². The van der Waals surface area contributed by atoms with Gasteiger partial charge in [0, 0.05) is 30.3 Å². The molecule has 0 saturated carbocycles. The summed E-state index contributed by atoms with van der Waals surface area (Å²) in [6.07, 6.45) is 0. The van der Waals surface area contributed by atoms with E-state index in [-0.39, 0.29) is 30.0 Å². The van der Waals surface area contributed by atoms with Gasteiger partial charge in [0.25, 0.3) is 10.1 Å². The molecule has 10 nitrogen and oxygen atoms in total. The third-order valence-electron chi connectivity index (χ3n) is 3.45. The van der Waals surface area contributed by atoms with Crippen molar-refractivity contribution >= 4 is 16.1 Å². The minimum atomic E-state index is -4.76. The number of rotatable bonds is 6. The highest BCUT2D eigenvalue weighted by Gasteiger charge is 2.20. The molecule has 0 radical (unpaired) electrons. The smallest absolute Gasteiger partial charge is 0.339 e. The Hall–Kier alpha value is -3.02. The highest BCUT2D eigenvalue weighted by atomic mass is 32.2. The van der Waals surface area contributed by atoms with Crippen molar-refractivity contribution in [3.05, 3.63) is 41.0 Å². The maximum absolute atomic E-state index is 11.2. The van der Waals surface area contributed by atoms with Crippen molar-refractivity contribution in [1.29, 1.82) is 0 Å². The number of carboxylic acid groups (broad SMARTS) is 1. The molecule has 140 valence electrons. The summed E-state index contributed by atoms with van der Waals surface area (Å²) in [5.41, 5.74) is -0.538. The molecule has 0 amide bonds. The van der Waals surface area contributed by atoms with Gasteiger partial charge in [-0.05, 0) is 18.2 Å². The highest BCUT2D eigenvalue weighted by Crippen LogP contribution is 2.32. The molecule has 0 aliphatic heterocycles. The summed E-state index contributed by atoms with van der Waals surface area (Å²) in [5, 5.41) is 50.5. The van der Waals surface area contributed by atoms with E-state index in [0.29, 0.717) is 6.07 Å². The third-order valence-corrected chi connectivity index (χ3v) is 4.32. The minimum Gasteiger partial charge on any atom is -0.508 e. The number of benzene rings is 2. The summed E-state index contributed by atoms with van der Waals surface area (Å²) in [5.74, 6) is -3.68.